The number of aromatic hydroxyl groups is 1. The predicted molar refractivity (Wildman–Crippen MR) is 66.6 cm³/mol. The first-order valence-electron chi connectivity index (χ1n) is 5.58. The van der Waals surface area contributed by atoms with Gasteiger partial charge in [0.1, 0.15) is 5.75 Å². The highest BCUT2D eigenvalue weighted by molar-refractivity contribution is 5.85. The topological polar surface area (TPSA) is 37.2 Å². The maximum atomic E-state index is 9.51. The Morgan fingerprint density at radius 1 is 1.38 bits per heavy atom. The molecule has 0 saturated heterocycles. The Hall–Kier alpha value is -1.48. The van der Waals surface area contributed by atoms with Crippen LogP contribution in [0, 0.1) is 0 Å². The van der Waals surface area contributed by atoms with Gasteiger partial charge in [0.2, 0.25) is 0 Å². The van der Waals surface area contributed by atoms with Crippen LogP contribution in [-0.2, 0) is 13.6 Å². The summed E-state index contributed by atoms with van der Waals surface area (Å²) in [4.78, 5) is 0. The molecule has 0 spiro atoms. The Balaban J connectivity index is 2.41. The van der Waals surface area contributed by atoms with Gasteiger partial charge in [-0.3, -0.25) is 0 Å². The van der Waals surface area contributed by atoms with Crippen LogP contribution in [0.25, 0.3) is 10.9 Å². The van der Waals surface area contributed by atoms with Gasteiger partial charge in [-0.25, -0.2) is 0 Å². The van der Waals surface area contributed by atoms with Crippen LogP contribution in [0.15, 0.2) is 24.4 Å². The van der Waals surface area contributed by atoms with Crippen molar-refractivity contribution in [1.82, 2.24) is 9.88 Å². The van der Waals surface area contributed by atoms with E-state index >= 15 is 0 Å². The maximum absolute atomic E-state index is 9.51. The number of aromatic nitrogens is 1. The van der Waals surface area contributed by atoms with Crippen molar-refractivity contribution in [2.24, 2.45) is 7.05 Å². The second-order valence-corrected chi connectivity index (χ2v) is 4.50. The molecule has 86 valence electrons. The van der Waals surface area contributed by atoms with Gasteiger partial charge < -0.3 is 15.0 Å². The Kier molecular flexibility index (Phi) is 2.88. The van der Waals surface area contributed by atoms with Crippen molar-refractivity contribution in [3.63, 3.8) is 0 Å². The van der Waals surface area contributed by atoms with Crippen molar-refractivity contribution < 1.29 is 5.11 Å². The molecule has 1 heterocycles. The van der Waals surface area contributed by atoms with E-state index in [2.05, 4.69) is 29.9 Å². The van der Waals surface area contributed by atoms with Gasteiger partial charge in [0.25, 0.3) is 0 Å². The summed E-state index contributed by atoms with van der Waals surface area (Å²) in [6, 6.07) is 5.96. The highest BCUT2D eigenvalue weighted by Crippen LogP contribution is 2.24. The Labute approximate surface area is 95.7 Å². The van der Waals surface area contributed by atoms with E-state index in [9.17, 15) is 5.11 Å². The molecule has 0 atom stereocenters. The molecule has 0 aliphatic rings. The quantitative estimate of drug-likeness (QED) is 0.830. The number of hydrogen-bond donors (Lipinski definition) is 2. The standard InChI is InChI=1S/C13H18N2O/c1-9(2)14-7-10-8-15(3)13-5-4-11(16)6-12(10)13/h4-6,8-9,14,16H,7H2,1-3H3. The lowest BCUT2D eigenvalue weighted by Gasteiger charge is -2.06. The minimum absolute atomic E-state index is 0.324. The van der Waals surface area contributed by atoms with Crippen LogP contribution in [-0.4, -0.2) is 15.7 Å². The minimum atomic E-state index is 0.324. The Morgan fingerprint density at radius 2 is 2.12 bits per heavy atom. The van der Waals surface area contributed by atoms with Crippen LogP contribution in [0.3, 0.4) is 0 Å². The Morgan fingerprint density at radius 3 is 2.81 bits per heavy atom. The third kappa shape index (κ3) is 2.04. The van der Waals surface area contributed by atoms with E-state index in [1.165, 1.54) is 5.56 Å². The zero-order valence-electron chi connectivity index (χ0n) is 9.99. The largest absolute Gasteiger partial charge is 0.508 e. The van der Waals surface area contributed by atoms with E-state index in [1.807, 2.05) is 19.2 Å². The summed E-state index contributed by atoms with van der Waals surface area (Å²) in [5.74, 6) is 0.324. The first-order valence-corrected chi connectivity index (χ1v) is 5.58. The summed E-state index contributed by atoms with van der Waals surface area (Å²) in [5, 5.41) is 14.0. The van der Waals surface area contributed by atoms with Crippen LogP contribution in [0.4, 0.5) is 0 Å². The number of phenols is 1. The lowest BCUT2D eigenvalue weighted by Crippen LogP contribution is -2.21. The van der Waals surface area contributed by atoms with Gasteiger partial charge in [-0.05, 0) is 23.8 Å². The fraction of sp³-hybridized carbons (Fsp3) is 0.385. The monoisotopic (exact) mass is 218 g/mol. The second kappa shape index (κ2) is 4.18. The van der Waals surface area contributed by atoms with Crippen molar-refractivity contribution in [3.8, 4) is 5.75 Å². The smallest absolute Gasteiger partial charge is 0.116 e. The van der Waals surface area contributed by atoms with Crippen LogP contribution in [0.1, 0.15) is 19.4 Å². The number of benzene rings is 1. The summed E-state index contributed by atoms with van der Waals surface area (Å²) in [5.41, 5.74) is 2.38. The normalized spacial score (nSPS) is 11.5. The SMILES string of the molecule is CC(C)NCc1cn(C)c2ccc(O)cc12. The minimum Gasteiger partial charge on any atom is -0.508 e. The molecule has 3 nitrogen and oxygen atoms in total. The lowest BCUT2D eigenvalue weighted by atomic mass is 10.1. The van der Waals surface area contributed by atoms with Gasteiger partial charge in [0.05, 0.1) is 0 Å². The molecule has 2 N–H and O–H groups in total. The van der Waals surface area contributed by atoms with E-state index < -0.39 is 0 Å². The molecule has 0 radical (unpaired) electrons. The highest BCUT2D eigenvalue weighted by atomic mass is 16.3. The van der Waals surface area contributed by atoms with E-state index in [1.54, 1.807) is 6.07 Å². The van der Waals surface area contributed by atoms with Crippen LogP contribution in [0.5, 0.6) is 5.75 Å². The van der Waals surface area contributed by atoms with Crippen molar-refractivity contribution in [3.05, 3.63) is 30.0 Å². The lowest BCUT2D eigenvalue weighted by molar-refractivity contribution is 0.476. The first-order chi connectivity index (χ1) is 7.58. The van der Waals surface area contributed by atoms with Crippen molar-refractivity contribution >= 4 is 10.9 Å². The number of aryl methyl sites for hydroxylation is 1. The molecule has 0 fully saturated rings. The molecule has 2 rings (SSSR count). The van der Waals surface area contributed by atoms with E-state index in [-0.39, 0.29) is 0 Å². The molecule has 0 aliphatic heterocycles. The van der Waals surface area contributed by atoms with Gasteiger partial charge >= 0.3 is 0 Å². The van der Waals surface area contributed by atoms with Crippen LogP contribution < -0.4 is 5.32 Å². The number of nitrogens with zero attached hydrogens (tertiary/aromatic N) is 1. The molecule has 0 aliphatic carbocycles. The first kappa shape index (κ1) is 11.0. The molecular weight excluding hydrogens is 200 g/mol. The van der Waals surface area contributed by atoms with Crippen molar-refractivity contribution in [1.29, 1.82) is 0 Å². The highest BCUT2D eigenvalue weighted by Gasteiger charge is 2.07. The molecule has 0 saturated carbocycles. The molecule has 0 amide bonds. The average Bonchev–Trinajstić information content (AvgIpc) is 2.52. The number of rotatable bonds is 3. The number of nitrogens with one attached hydrogen (secondary N) is 1. The van der Waals surface area contributed by atoms with Gasteiger partial charge in [0.15, 0.2) is 0 Å². The Bertz CT molecular complexity index is 500. The fourth-order valence-electron chi connectivity index (χ4n) is 1.92. The number of phenolic OH excluding ortho intramolecular Hbond substituents is 1. The molecule has 0 bridgehead atoms. The molecule has 1 aromatic heterocycles. The van der Waals surface area contributed by atoms with Gasteiger partial charge in [-0.2, -0.15) is 0 Å². The zero-order chi connectivity index (χ0) is 11.7. The van der Waals surface area contributed by atoms with Gasteiger partial charge in [-0.1, -0.05) is 13.8 Å². The summed E-state index contributed by atoms with van der Waals surface area (Å²) in [7, 11) is 2.03. The van der Waals surface area contributed by atoms with Crippen LogP contribution in [0.2, 0.25) is 0 Å². The van der Waals surface area contributed by atoms with E-state index in [0.717, 1.165) is 17.4 Å². The molecule has 3 heteroatoms. The molecule has 16 heavy (non-hydrogen) atoms. The predicted octanol–water partition coefficient (Wildman–Crippen LogP) is 2.38. The summed E-state index contributed by atoms with van der Waals surface area (Å²) in [6.45, 7) is 5.09. The summed E-state index contributed by atoms with van der Waals surface area (Å²) >= 11 is 0. The number of hydrogen-bond acceptors (Lipinski definition) is 2. The van der Waals surface area contributed by atoms with Crippen molar-refractivity contribution in [2.45, 2.75) is 26.4 Å². The summed E-state index contributed by atoms with van der Waals surface area (Å²) < 4.78 is 2.09. The van der Waals surface area contributed by atoms with Crippen molar-refractivity contribution in [2.75, 3.05) is 0 Å². The van der Waals surface area contributed by atoms with E-state index in [0.29, 0.717) is 11.8 Å². The average molecular weight is 218 g/mol. The second-order valence-electron chi connectivity index (χ2n) is 4.50. The fourth-order valence-corrected chi connectivity index (χ4v) is 1.92. The third-order valence-electron chi connectivity index (χ3n) is 2.76. The molecule has 1 aromatic carbocycles. The van der Waals surface area contributed by atoms with Gasteiger partial charge in [0, 0.05) is 36.7 Å². The molecule has 0 unspecified atom stereocenters. The summed E-state index contributed by atoms with van der Waals surface area (Å²) in [6.07, 6.45) is 2.11. The maximum Gasteiger partial charge on any atom is 0.116 e. The third-order valence-corrected chi connectivity index (χ3v) is 2.76. The van der Waals surface area contributed by atoms with Gasteiger partial charge in [-0.15, -0.1) is 0 Å². The molecule has 2 aromatic rings. The number of fused-ring (bicyclic) bond motifs is 1. The van der Waals surface area contributed by atoms with E-state index in [4.69, 9.17) is 0 Å². The zero-order valence-corrected chi connectivity index (χ0v) is 9.99. The van der Waals surface area contributed by atoms with Crippen LogP contribution >= 0.6 is 0 Å². The molecular formula is C13H18N2O.